The van der Waals surface area contributed by atoms with Crippen molar-refractivity contribution in [3.05, 3.63) is 29.1 Å². The molecule has 0 unspecified atom stereocenters. The molecular weight excluding hydrogens is 446 g/mol. The summed E-state index contributed by atoms with van der Waals surface area (Å²) in [6, 6.07) is 4.36. The van der Waals surface area contributed by atoms with Gasteiger partial charge in [-0.05, 0) is 23.8 Å². The smallest absolute Gasteiger partial charge is 0.406 e. The zero-order chi connectivity index (χ0) is 17.0. The molecule has 0 aliphatic heterocycles. The summed E-state index contributed by atoms with van der Waals surface area (Å²) < 4.78 is 41.7. The summed E-state index contributed by atoms with van der Waals surface area (Å²) in [5, 5.41) is 2.10. The molecule has 1 amide bonds. The summed E-state index contributed by atoms with van der Waals surface area (Å²) in [5.74, 6) is -0.569. The van der Waals surface area contributed by atoms with Gasteiger partial charge in [0.1, 0.15) is 5.75 Å². The first-order valence-corrected chi connectivity index (χ1v) is 8.61. The Bertz CT molecular complexity index is 706. The minimum absolute atomic E-state index is 0.283. The predicted octanol–water partition coefficient (Wildman–Crippen LogP) is 4.11. The number of anilines is 1. The summed E-state index contributed by atoms with van der Waals surface area (Å²) >= 11 is 3.27. The third-order valence-corrected chi connectivity index (χ3v) is 4.14. The van der Waals surface area contributed by atoms with Gasteiger partial charge in [-0.3, -0.25) is 15.6 Å². The molecule has 0 saturated carbocycles. The predicted molar refractivity (Wildman–Crippen MR) is 89.4 cm³/mol. The Morgan fingerprint density at radius 2 is 2.13 bits per heavy atom. The number of hydrogen-bond donors (Lipinski definition) is 2. The fourth-order valence-corrected chi connectivity index (χ4v) is 2.80. The van der Waals surface area contributed by atoms with Crippen LogP contribution in [-0.2, 0) is 9.22 Å². The van der Waals surface area contributed by atoms with E-state index in [4.69, 9.17) is 0 Å². The Kier molecular flexibility index (Phi) is 5.68. The van der Waals surface area contributed by atoms with Gasteiger partial charge in [0.2, 0.25) is 11.0 Å². The quantitative estimate of drug-likeness (QED) is 0.403. The molecule has 0 aliphatic rings. The Morgan fingerprint density at radius 1 is 1.39 bits per heavy atom. The van der Waals surface area contributed by atoms with Crippen LogP contribution in [0.2, 0.25) is 0 Å². The van der Waals surface area contributed by atoms with Crippen molar-refractivity contribution in [2.24, 2.45) is 0 Å². The van der Waals surface area contributed by atoms with E-state index in [0.717, 1.165) is 0 Å². The van der Waals surface area contributed by atoms with Crippen LogP contribution >= 0.6 is 33.9 Å². The van der Waals surface area contributed by atoms with Crippen molar-refractivity contribution in [2.45, 2.75) is 17.7 Å². The zero-order valence-electron chi connectivity index (χ0n) is 11.7. The molecule has 0 fully saturated rings. The number of hydrazine groups is 1. The largest absolute Gasteiger partial charge is 0.573 e. The number of carbonyl (C=O) groups is 1. The van der Waals surface area contributed by atoms with Crippen molar-refractivity contribution < 1.29 is 22.7 Å². The number of nitrogens with one attached hydrogen (secondary N) is 2. The third kappa shape index (κ3) is 5.53. The van der Waals surface area contributed by atoms with Gasteiger partial charge in [-0.1, -0.05) is 22.6 Å². The van der Waals surface area contributed by atoms with Gasteiger partial charge in [-0.25, -0.2) is 4.98 Å². The Morgan fingerprint density at radius 3 is 2.74 bits per heavy atom. The van der Waals surface area contributed by atoms with Crippen molar-refractivity contribution >= 4 is 45.0 Å². The molecule has 10 heteroatoms. The van der Waals surface area contributed by atoms with Crippen LogP contribution in [0.15, 0.2) is 23.6 Å². The lowest BCUT2D eigenvalue weighted by Crippen LogP contribution is -2.26. The first kappa shape index (κ1) is 17.8. The van der Waals surface area contributed by atoms with Crippen molar-refractivity contribution in [3.8, 4) is 17.0 Å². The van der Waals surface area contributed by atoms with Crippen LogP contribution in [0, 0.1) is 0 Å². The van der Waals surface area contributed by atoms with Crippen LogP contribution in [0.5, 0.6) is 5.75 Å². The van der Waals surface area contributed by atoms with Gasteiger partial charge in [0.15, 0.2) is 0 Å². The Labute approximate surface area is 147 Å². The van der Waals surface area contributed by atoms with E-state index in [1.54, 1.807) is 11.4 Å². The van der Waals surface area contributed by atoms with Crippen LogP contribution in [0.4, 0.5) is 18.3 Å². The maximum Gasteiger partial charge on any atom is 0.573 e. The van der Waals surface area contributed by atoms with Crippen LogP contribution in [-0.4, -0.2) is 17.3 Å². The first-order chi connectivity index (χ1) is 10.8. The minimum atomic E-state index is -4.75. The van der Waals surface area contributed by atoms with E-state index in [9.17, 15) is 18.0 Å². The summed E-state index contributed by atoms with van der Waals surface area (Å²) in [6.07, 6.45) is -4.75. The topological polar surface area (TPSA) is 63.2 Å². The van der Waals surface area contributed by atoms with Crippen molar-refractivity contribution in [3.63, 3.8) is 0 Å². The minimum Gasteiger partial charge on any atom is -0.406 e. The van der Waals surface area contributed by atoms with E-state index in [-0.39, 0.29) is 11.7 Å². The number of ether oxygens (including phenoxy) is 1. The van der Waals surface area contributed by atoms with Crippen molar-refractivity contribution in [1.82, 2.24) is 10.4 Å². The molecule has 0 radical (unpaired) electrons. The summed E-state index contributed by atoms with van der Waals surface area (Å²) in [7, 11) is 0. The van der Waals surface area contributed by atoms with Gasteiger partial charge < -0.3 is 4.74 Å². The van der Waals surface area contributed by atoms with E-state index in [2.05, 4.69) is 43.2 Å². The molecule has 1 aromatic carbocycles. The number of carbonyl (C=O) groups excluding carboxylic acids is 1. The number of rotatable bonds is 5. The normalized spacial score (nSPS) is 11.2. The van der Waals surface area contributed by atoms with Gasteiger partial charge in [0.25, 0.3) is 0 Å². The molecule has 0 aliphatic carbocycles. The second-order valence-electron chi connectivity index (χ2n) is 4.39. The fraction of sp³-hybridized carbons (Fsp3) is 0.231. The lowest BCUT2D eigenvalue weighted by molar-refractivity contribution is -0.274. The number of thiazole rings is 1. The van der Waals surface area contributed by atoms with Crippen LogP contribution in [0.3, 0.4) is 0 Å². The van der Waals surface area contributed by atoms with Gasteiger partial charge in [0, 0.05) is 22.3 Å². The van der Waals surface area contributed by atoms with E-state index < -0.39 is 6.36 Å². The zero-order valence-corrected chi connectivity index (χ0v) is 14.7. The second-order valence-corrected chi connectivity index (χ2v) is 6.01. The van der Waals surface area contributed by atoms with E-state index in [1.807, 2.05) is 0 Å². The second kappa shape index (κ2) is 7.34. The molecule has 2 N–H and O–H groups in total. The molecule has 2 aromatic rings. The molecule has 0 saturated heterocycles. The lowest BCUT2D eigenvalue weighted by Gasteiger charge is -2.11. The van der Waals surface area contributed by atoms with E-state index >= 15 is 0 Å². The lowest BCUT2D eigenvalue weighted by atomic mass is 10.1. The molecule has 124 valence electrons. The highest BCUT2D eigenvalue weighted by Crippen LogP contribution is 2.32. The molecular formula is C13H11F3IN3O2S. The standard InChI is InChI=1S/C13H11F3IN3O2S/c1-7(21)19-20-12-18-11(6-23-12)9-2-8(5-17)3-10(4-9)22-13(14,15)16/h2-4,6H,5H2,1H3,(H,18,20)(H,19,21). The average Bonchev–Trinajstić information content (AvgIpc) is 2.91. The van der Waals surface area contributed by atoms with Gasteiger partial charge in [0.05, 0.1) is 5.69 Å². The number of halogens is 4. The summed E-state index contributed by atoms with van der Waals surface area (Å²) in [5.41, 5.74) is 6.67. The number of aromatic nitrogens is 1. The van der Waals surface area contributed by atoms with Gasteiger partial charge in [-0.15, -0.1) is 24.5 Å². The maximum atomic E-state index is 12.4. The molecule has 1 heterocycles. The molecule has 23 heavy (non-hydrogen) atoms. The summed E-state index contributed by atoms with van der Waals surface area (Å²) in [4.78, 5) is 15.1. The van der Waals surface area contributed by atoms with Crippen LogP contribution in [0.1, 0.15) is 12.5 Å². The van der Waals surface area contributed by atoms with E-state index in [0.29, 0.717) is 26.4 Å². The van der Waals surface area contributed by atoms with E-state index in [1.165, 1.54) is 30.4 Å². The number of hydrogen-bond acceptors (Lipinski definition) is 5. The molecule has 0 spiro atoms. The number of alkyl halides is 4. The molecule has 1 aromatic heterocycles. The average molecular weight is 457 g/mol. The Hall–Kier alpha value is -1.56. The third-order valence-electron chi connectivity index (χ3n) is 2.50. The molecule has 0 bridgehead atoms. The van der Waals surface area contributed by atoms with Crippen molar-refractivity contribution in [1.29, 1.82) is 0 Å². The molecule has 5 nitrogen and oxygen atoms in total. The van der Waals surface area contributed by atoms with Gasteiger partial charge >= 0.3 is 6.36 Å². The fourth-order valence-electron chi connectivity index (χ4n) is 1.68. The van der Waals surface area contributed by atoms with Gasteiger partial charge in [-0.2, -0.15) is 0 Å². The number of amides is 1. The molecule has 0 atom stereocenters. The van der Waals surface area contributed by atoms with Crippen LogP contribution < -0.4 is 15.6 Å². The monoisotopic (exact) mass is 457 g/mol. The van der Waals surface area contributed by atoms with Crippen LogP contribution in [0.25, 0.3) is 11.3 Å². The summed E-state index contributed by atoms with van der Waals surface area (Å²) in [6.45, 7) is 1.34. The number of nitrogens with zero attached hydrogens (tertiary/aromatic N) is 1. The maximum absolute atomic E-state index is 12.4. The number of benzene rings is 1. The molecule has 2 rings (SSSR count). The Balaban J connectivity index is 2.27. The first-order valence-electron chi connectivity index (χ1n) is 6.21. The van der Waals surface area contributed by atoms with Crippen molar-refractivity contribution in [2.75, 3.05) is 5.43 Å². The highest BCUT2D eigenvalue weighted by atomic mass is 127. The highest BCUT2D eigenvalue weighted by Gasteiger charge is 2.31. The highest BCUT2D eigenvalue weighted by molar-refractivity contribution is 14.1. The SMILES string of the molecule is CC(=O)NNc1nc(-c2cc(CI)cc(OC(F)(F)F)c2)cs1.